The molecule has 2 aromatic carbocycles. The number of ether oxygens (including phenoxy) is 1. The molecule has 31 heavy (non-hydrogen) atoms. The van der Waals surface area contributed by atoms with Gasteiger partial charge >= 0.3 is 5.97 Å². The second-order valence-corrected chi connectivity index (χ2v) is 8.00. The maximum atomic E-state index is 12.7. The summed E-state index contributed by atoms with van der Waals surface area (Å²) in [5.74, 6) is -3.70. The minimum Gasteiger partial charge on any atom is -0.468 e. The lowest BCUT2D eigenvalue weighted by atomic mass is 9.78. The van der Waals surface area contributed by atoms with Gasteiger partial charge in [-0.15, -0.1) is 0 Å². The molecular weight excluding hydrogens is 438 g/mol. The first-order chi connectivity index (χ1) is 14.9. The molecule has 0 saturated heterocycles. The first kappa shape index (κ1) is 22.4. The van der Waals surface area contributed by atoms with Gasteiger partial charge in [0.2, 0.25) is 11.8 Å². The Hall–Kier alpha value is -3.28. The molecule has 0 aliphatic carbocycles. The summed E-state index contributed by atoms with van der Waals surface area (Å²) in [6.45, 7) is 0. The number of rotatable bonds is 6. The molecule has 0 aromatic heterocycles. The molecule has 3 rings (SSSR count). The lowest BCUT2D eigenvalue weighted by molar-refractivity contribution is -0.150. The maximum Gasteiger partial charge on any atom is 0.319 e. The third kappa shape index (κ3) is 5.26. The van der Waals surface area contributed by atoms with Crippen molar-refractivity contribution in [3.05, 3.63) is 75.8 Å². The molecule has 9 heteroatoms. The van der Waals surface area contributed by atoms with Gasteiger partial charge in [-0.1, -0.05) is 53.7 Å². The Labute approximate surface area is 188 Å². The number of amides is 2. The molecule has 1 aliphatic heterocycles. The van der Waals surface area contributed by atoms with Crippen LogP contribution in [0.15, 0.2) is 65.2 Å². The molecule has 1 aliphatic rings. The fourth-order valence-corrected chi connectivity index (χ4v) is 4.18. The van der Waals surface area contributed by atoms with Crippen molar-refractivity contribution in [2.24, 2.45) is 5.92 Å². The van der Waals surface area contributed by atoms with Crippen molar-refractivity contribution in [3.8, 4) is 6.07 Å². The molecule has 0 unspecified atom stereocenters. The Morgan fingerprint density at radius 3 is 2.48 bits per heavy atom. The van der Waals surface area contributed by atoms with Crippen LogP contribution in [-0.2, 0) is 19.1 Å². The Bertz CT molecular complexity index is 1060. The first-order valence-corrected chi connectivity index (χ1v) is 10.6. The molecule has 1 heterocycles. The third-order valence-electron chi connectivity index (χ3n) is 4.62. The number of halogens is 1. The summed E-state index contributed by atoms with van der Waals surface area (Å²) in [4.78, 5) is 37.4. The number of carbonyl (C=O) groups is 3. The Kier molecular flexibility index (Phi) is 7.34. The van der Waals surface area contributed by atoms with Crippen LogP contribution in [-0.4, -0.2) is 30.6 Å². The second-order valence-electron chi connectivity index (χ2n) is 6.58. The van der Waals surface area contributed by atoms with Crippen LogP contribution in [0, 0.1) is 17.2 Å². The van der Waals surface area contributed by atoms with Gasteiger partial charge in [-0.2, -0.15) is 5.26 Å². The van der Waals surface area contributed by atoms with Crippen molar-refractivity contribution >= 4 is 46.8 Å². The van der Waals surface area contributed by atoms with Gasteiger partial charge in [0.25, 0.3) is 0 Å². The number of nitrogens with one attached hydrogen (secondary N) is 2. The van der Waals surface area contributed by atoms with Crippen molar-refractivity contribution in [2.45, 2.75) is 5.92 Å². The van der Waals surface area contributed by atoms with Crippen molar-refractivity contribution in [1.82, 2.24) is 5.32 Å². The first-order valence-electron chi connectivity index (χ1n) is 9.20. The third-order valence-corrected chi connectivity index (χ3v) is 5.89. The van der Waals surface area contributed by atoms with E-state index in [1.165, 1.54) is 7.11 Å². The Morgan fingerprint density at radius 2 is 1.87 bits per heavy atom. The fraction of sp³-hybridized carbons (Fsp3) is 0.182. The maximum absolute atomic E-state index is 12.7. The smallest absolute Gasteiger partial charge is 0.319 e. The number of nitrogens with zero attached hydrogens (tertiary/aromatic N) is 1. The van der Waals surface area contributed by atoms with Gasteiger partial charge in [0, 0.05) is 16.6 Å². The van der Waals surface area contributed by atoms with E-state index in [1.54, 1.807) is 54.6 Å². The summed E-state index contributed by atoms with van der Waals surface area (Å²) in [5, 5.41) is 15.9. The van der Waals surface area contributed by atoms with Crippen molar-refractivity contribution in [3.63, 3.8) is 0 Å². The lowest BCUT2D eigenvalue weighted by Crippen LogP contribution is -2.44. The van der Waals surface area contributed by atoms with Crippen LogP contribution in [0.4, 0.5) is 5.69 Å². The molecule has 2 amide bonds. The van der Waals surface area contributed by atoms with E-state index in [4.69, 9.17) is 16.3 Å². The molecule has 7 nitrogen and oxygen atoms in total. The number of nitriles is 1. The van der Waals surface area contributed by atoms with E-state index in [1.807, 2.05) is 0 Å². The predicted molar refractivity (Wildman–Crippen MR) is 118 cm³/mol. The Balaban J connectivity index is 1.85. The summed E-state index contributed by atoms with van der Waals surface area (Å²) in [7, 11) is 1.19. The largest absolute Gasteiger partial charge is 0.468 e. The molecule has 0 radical (unpaired) electrons. The molecular formula is C22H18ClN3O4S. The van der Waals surface area contributed by atoms with Crippen LogP contribution >= 0.6 is 23.4 Å². The molecule has 2 atom stereocenters. The summed E-state index contributed by atoms with van der Waals surface area (Å²) in [6, 6.07) is 17.5. The highest BCUT2D eigenvalue weighted by Crippen LogP contribution is 2.40. The number of esters is 1. The van der Waals surface area contributed by atoms with E-state index in [9.17, 15) is 19.6 Å². The summed E-state index contributed by atoms with van der Waals surface area (Å²) >= 11 is 6.86. The average Bonchev–Trinajstić information content (AvgIpc) is 2.78. The van der Waals surface area contributed by atoms with E-state index in [2.05, 4.69) is 16.7 Å². The van der Waals surface area contributed by atoms with Crippen LogP contribution in [0.5, 0.6) is 0 Å². The lowest BCUT2D eigenvalue weighted by Gasteiger charge is -2.30. The Morgan fingerprint density at radius 1 is 1.19 bits per heavy atom. The number of allylic oxidation sites excluding steroid dienone is 1. The van der Waals surface area contributed by atoms with Gasteiger partial charge in [0.1, 0.15) is 5.92 Å². The molecule has 0 bridgehead atoms. The van der Waals surface area contributed by atoms with Gasteiger partial charge in [0.05, 0.1) is 29.5 Å². The number of hydrogen-bond acceptors (Lipinski definition) is 6. The normalized spacial score (nSPS) is 18.0. The number of anilines is 1. The van der Waals surface area contributed by atoms with Crippen LogP contribution < -0.4 is 10.6 Å². The molecule has 0 spiro atoms. The summed E-state index contributed by atoms with van der Waals surface area (Å²) < 4.78 is 4.80. The zero-order chi connectivity index (χ0) is 22.4. The molecule has 2 aromatic rings. The minimum absolute atomic E-state index is 0.0478. The number of hydrogen-bond donors (Lipinski definition) is 2. The van der Waals surface area contributed by atoms with Crippen LogP contribution in [0.2, 0.25) is 5.02 Å². The zero-order valence-corrected chi connectivity index (χ0v) is 18.0. The van der Waals surface area contributed by atoms with Gasteiger partial charge in [-0.25, -0.2) is 0 Å². The zero-order valence-electron chi connectivity index (χ0n) is 16.4. The van der Waals surface area contributed by atoms with E-state index in [0.717, 1.165) is 11.8 Å². The molecule has 158 valence electrons. The van der Waals surface area contributed by atoms with Crippen molar-refractivity contribution in [2.75, 3.05) is 18.2 Å². The van der Waals surface area contributed by atoms with Crippen LogP contribution in [0.3, 0.4) is 0 Å². The monoisotopic (exact) mass is 455 g/mol. The highest BCUT2D eigenvalue weighted by Gasteiger charge is 2.44. The average molecular weight is 456 g/mol. The SMILES string of the molecule is COC(=O)[C@@H]1C(=O)NC(SCC(=O)Nc2ccc(Cl)cc2)=C(C#N)[C@@H]1c1ccccc1. The van der Waals surface area contributed by atoms with Gasteiger partial charge in [0.15, 0.2) is 0 Å². The van der Waals surface area contributed by atoms with Gasteiger partial charge < -0.3 is 15.4 Å². The summed E-state index contributed by atoms with van der Waals surface area (Å²) in [5.41, 5.74) is 1.41. The van der Waals surface area contributed by atoms with E-state index in [-0.39, 0.29) is 22.3 Å². The number of carbonyl (C=O) groups excluding carboxylic acids is 3. The number of benzene rings is 2. The van der Waals surface area contributed by atoms with Crippen molar-refractivity contribution in [1.29, 1.82) is 5.26 Å². The van der Waals surface area contributed by atoms with Crippen LogP contribution in [0.1, 0.15) is 11.5 Å². The topological polar surface area (TPSA) is 108 Å². The van der Waals surface area contributed by atoms with Crippen LogP contribution in [0.25, 0.3) is 0 Å². The fourth-order valence-electron chi connectivity index (χ4n) is 3.21. The second kappa shape index (κ2) is 10.2. The summed E-state index contributed by atoms with van der Waals surface area (Å²) in [6.07, 6.45) is 0. The van der Waals surface area contributed by atoms with E-state index >= 15 is 0 Å². The molecule has 0 saturated carbocycles. The number of methoxy groups -OCH3 is 1. The minimum atomic E-state index is -1.20. The highest BCUT2D eigenvalue weighted by molar-refractivity contribution is 8.03. The van der Waals surface area contributed by atoms with Crippen molar-refractivity contribution < 1.29 is 19.1 Å². The number of thioether (sulfide) groups is 1. The van der Waals surface area contributed by atoms with E-state index < -0.39 is 23.7 Å². The standard InChI is InChI=1S/C22H18ClN3O4S/c1-30-22(29)19-18(13-5-3-2-4-6-13)16(11-24)21(26-20(19)28)31-12-17(27)25-15-9-7-14(23)8-10-15/h2-10,18-19H,12H2,1H3,(H,25,27)(H,26,28)/t18-,19-/m0/s1. The van der Waals surface area contributed by atoms with Gasteiger partial charge in [-0.3, -0.25) is 14.4 Å². The van der Waals surface area contributed by atoms with E-state index in [0.29, 0.717) is 16.3 Å². The highest BCUT2D eigenvalue weighted by atomic mass is 35.5. The van der Waals surface area contributed by atoms with Gasteiger partial charge in [-0.05, 0) is 29.8 Å². The molecule has 0 fully saturated rings. The molecule has 2 N–H and O–H groups in total. The quantitative estimate of drug-likeness (QED) is 0.510. The predicted octanol–water partition coefficient (Wildman–Crippen LogP) is 3.45.